The highest BCUT2D eigenvalue weighted by Crippen LogP contribution is 2.45. The molecule has 1 saturated carbocycles. The zero-order valence-electron chi connectivity index (χ0n) is 11.7. The van der Waals surface area contributed by atoms with Crippen LogP contribution in [0.5, 0.6) is 0 Å². The minimum Gasteiger partial charge on any atom is -0.332 e. The number of carbonyl (C=O) groups is 1. The number of hydrogen-bond donors (Lipinski definition) is 0. The van der Waals surface area contributed by atoms with Gasteiger partial charge >= 0.3 is 0 Å². The third kappa shape index (κ3) is 2.44. The van der Waals surface area contributed by atoms with E-state index in [2.05, 4.69) is 20.8 Å². The summed E-state index contributed by atoms with van der Waals surface area (Å²) < 4.78 is 0.903. The number of amides is 1. The molecule has 1 aromatic rings. The molecule has 21 heavy (non-hydrogen) atoms. The van der Waals surface area contributed by atoms with Crippen molar-refractivity contribution in [2.45, 2.75) is 50.6 Å². The summed E-state index contributed by atoms with van der Waals surface area (Å²) in [6.45, 7) is 0. The molecule has 0 radical (unpaired) electrons. The maximum absolute atomic E-state index is 12.9. The first-order valence-electron chi connectivity index (χ1n) is 7.61. The van der Waals surface area contributed by atoms with Gasteiger partial charge in [0, 0.05) is 16.6 Å². The molecule has 0 spiro atoms. The quantitative estimate of drug-likeness (QED) is 0.643. The molecule has 1 aliphatic carbocycles. The Morgan fingerprint density at radius 2 is 1.81 bits per heavy atom. The van der Waals surface area contributed by atoms with E-state index in [-0.39, 0.29) is 5.91 Å². The molecule has 1 amide bonds. The molecule has 1 aromatic carbocycles. The Bertz CT molecular complexity index is 632. The van der Waals surface area contributed by atoms with Gasteiger partial charge in [0.1, 0.15) is 0 Å². The van der Waals surface area contributed by atoms with Gasteiger partial charge in [-0.05, 0) is 56.7 Å². The molecular weight excluding hydrogens is 350 g/mol. The second-order valence-corrected chi connectivity index (χ2v) is 7.66. The Kier molecular flexibility index (Phi) is 3.38. The fraction of sp³-hybridized carbons (Fsp3) is 0.471. The maximum atomic E-state index is 12.9. The van der Waals surface area contributed by atoms with Crippen LogP contribution < -0.4 is 0 Å². The van der Waals surface area contributed by atoms with Gasteiger partial charge in [-0.3, -0.25) is 4.79 Å². The summed E-state index contributed by atoms with van der Waals surface area (Å²) in [5, 5.41) is 0.550. The molecule has 2 heterocycles. The van der Waals surface area contributed by atoms with E-state index in [1.165, 1.54) is 12.8 Å². The number of allylic oxidation sites excluding steroid dienone is 1. The molecule has 2 saturated heterocycles. The van der Waals surface area contributed by atoms with Crippen LogP contribution in [0.2, 0.25) is 5.02 Å². The Hall–Kier alpha value is -0.800. The molecule has 2 aliphatic heterocycles. The number of nitrogens with zero attached hydrogens (tertiary/aromatic N) is 1. The molecule has 2 atom stereocenters. The van der Waals surface area contributed by atoms with Crippen LogP contribution in [0.25, 0.3) is 0 Å². The topological polar surface area (TPSA) is 20.3 Å². The van der Waals surface area contributed by atoms with E-state index in [1.807, 2.05) is 12.1 Å². The first kappa shape index (κ1) is 13.8. The van der Waals surface area contributed by atoms with Gasteiger partial charge in [-0.2, -0.15) is 0 Å². The van der Waals surface area contributed by atoms with Gasteiger partial charge in [-0.25, -0.2) is 0 Å². The molecule has 2 nitrogen and oxygen atoms in total. The van der Waals surface area contributed by atoms with Gasteiger partial charge < -0.3 is 4.90 Å². The van der Waals surface area contributed by atoms with Crippen molar-refractivity contribution >= 4 is 33.4 Å². The number of carbonyl (C=O) groups excluding carboxylic acids is 1. The SMILES string of the molecule is O=C(c1cc(Br)ccc1Cl)N1C2CCC1CC(=C1CC1)C2. The molecule has 0 N–H and O–H groups in total. The molecule has 2 bridgehead atoms. The van der Waals surface area contributed by atoms with Gasteiger partial charge in [0.05, 0.1) is 10.6 Å². The van der Waals surface area contributed by atoms with E-state index < -0.39 is 0 Å². The number of piperidine rings is 1. The average molecular weight is 367 g/mol. The first-order valence-corrected chi connectivity index (χ1v) is 8.78. The maximum Gasteiger partial charge on any atom is 0.255 e. The zero-order valence-corrected chi connectivity index (χ0v) is 14.1. The molecular formula is C17H17BrClNO. The van der Waals surface area contributed by atoms with Crippen molar-refractivity contribution < 1.29 is 4.79 Å². The second kappa shape index (κ2) is 5.13. The third-order valence-electron chi connectivity index (χ3n) is 4.98. The summed E-state index contributed by atoms with van der Waals surface area (Å²) in [4.78, 5) is 15.0. The van der Waals surface area contributed by atoms with Crippen LogP contribution >= 0.6 is 27.5 Å². The minimum atomic E-state index is 0.105. The van der Waals surface area contributed by atoms with Crippen molar-refractivity contribution in [1.29, 1.82) is 0 Å². The Labute approximate surface area is 138 Å². The van der Waals surface area contributed by atoms with Crippen LogP contribution in [0.4, 0.5) is 0 Å². The monoisotopic (exact) mass is 365 g/mol. The summed E-state index contributed by atoms with van der Waals surface area (Å²) in [6.07, 6.45) is 7.03. The third-order valence-corrected chi connectivity index (χ3v) is 5.80. The molecule has 4 rings (SSSR count). The summed E-state index contributed by atoms with van der Waals surface area (Å²) >= 11 is 9.67. The van der Waals surface area contributed by atoms with Crippen molar-refractivity contribution in [2.75, 3.05) is 0 Å². The molecule has 3 aliphatic rings. The van der Waals surface area contributed by atoms with Crippen LogP contribution in [0, 0.1) is 0 Å². The highest BCUT2D eigenvalue weighted by atomic mass is 79.9. The average Bonchev–Trinajstić information content (AvgIpc) is 3.27. The summed E-state index contributed by atoms with van der Waals surface area (Å²) in [5.74, 6) is 0.105. The fourth-order valence-electron chi connectivity index (χ4n) is 3.85. The van der Waals surface area contributed by atoms with E-state index in [0.29, 0.717) is 22.7 Å². The summed E-state index contributed by atoms with van der Waals surface area (Å²) in [5.41, 5.74) is 3.94. The fourth-order valence-corrected chi connectivity index (χ4v) is 4.41. The highest BCUT2D eigenvalue weighted by Gasteiger charge is 2.43. The lowest BCUT2D eigenvalue weighted by Crippen LogP contribution is -2.44. The van der Waals surface area contributed by atoms with Crippen molar-refractivity contribution in [1.82, 2.24) is 4.90 Å². The van der Waals surface area contributed by atoms with Crippen LogP contribution in [0.1, 0.15) is 48.9 Å². The van der Waals surface area contributed by atoms with Gasteiger partial charge in [0.2, 0.25) is 0 Å². The minimum absolute atomic E-state index is 0.105. The van der Waals surface area contributed by atoms with Gasteiger partial charge in [0.25, 0.3) is 5.91 Å². The molecule has 2 unspecified atom stereocenters. The normalized spacial score (nSPS) is 27.2. The number of halogens is 2. The van der Waals surface area contributed by atoms with Crippen LogP contribution in [-0.4, -0.2) is 22.9 Å². The van der Waals surface area contributed by atoms with Crippen molar-refractivity contribution in [3.8, 4) is 0 Å². The first-order chi connectivity index (χ1) is 10.1. The van der Waals surface area contributed by atoms with E-state index in [1.54, 1.807) is 17.2 Å². The number of fused-ring (bicyclic) bond motifs is 2. The standard InChI is InChI=1S/C17H17BrClNO/c18-12-3-6-16(19)15(9-12)17(21)20-13-4-5-14(20)8-11(7-13)10-1-2-10/h3,6,9,13-14H,1-2,4-5,7-8H2. The zero-order chi connectivity index (χ0) is 14.6. The molecule has 3 fully saturated rings. The van der Waals surface area contributed by atoms with Crippen molar-refractivity contribution in [3.63, 3.8) is 0 Å². The lowest BCUT2D eigenvalue weighted by atomic mass is 9.95. The predicted octanol–water partition coefficient (Wildman–Crippen LogP) is 4.96. The van der Waals surface area contributed by atoms with E-state index in [0.717, 1.165) is 30.2 Å². The number of rotatable bonds is 1. The molecule has 110 valence electrons. The predicted molar refractivity (Wildman–Crippen MR) is 87.6 cm³/mol. The molecule has 4 heteroatoms. The summed E-state index contributed by atoms with van der Waals surface area (Å²) in [6, 6.07) is 6.28. The van der Waals surface area contributed by atoms with Gasteiger partial charge in [-0.1, -0.05) is 38.7 Å². The van der Waals surface area contributed by atoms with Crippen LogP contribution in [0.15, 0.2) is 33.8 Å². The Balaban J connectivity index is 1.63. The lowest BCUT2D eigenvalue weighted by Gasteiger charge is -2.36. The largest absolute Gasteiger partial charge is 0.332 e. The summed E-state index contributed by atoms with van der Waals surface area (Å²) in [7, 11) is 0. The van der Waals surface area contributed by atoms with Crippen molar-refractivity contribution in [3.05, 3.63) is 44.4 Å². The van der Waals surface area contributed by atoms with E-state index in [4.69, 9.17) is 11.6 Å². The Morgan fingerprint density at radius 1 is 1.14 bits per heavy atom. The second-order valence-electron chi connectivity index (χ2n) is 6.34. The highest BCUT2D eigenvalue weighted by molar-refractivity contribution is 9.10. The number of hydrogen-bond acceptors (Lipinski definition) is 1. The Morgan fingerprint density at radius 3 is 2.43 bits per heavy atom. The van der Waals surface area contributed by atoms with Crippen LogP contribution in [0.3, 0.4) is 0 Å². The lowest BCUT2D eigenvalue weighted by molar-refractivity contribution is 0.0634. The van der Waals surface area contributed by atoms with E-state index in [9.17, 15) is 4.79 Å². The number of benzene rings is 1. The van der Waals surface area contributed by atoms with Crippen LogP contribution in [-0.2, 0) is 0 Å². The van der Waals surface area contributed by atoms with Crippen molar-refractivity contribution in [2.24, 2.45) is 0 Å². The molecule has 0 aromatic heterocycles. The van der Waals surface area contributed by atoms with Gasteiger partial charge in [-0.15, -0.1) is 0 Å². The van der Waals surface area contributed by atoms with E-state index >= 15 is 0 Å². The smallest absolute Gasteiger partial charge is 0.255 e. The van der Waals surface area contributed by atoms with Gasteiger partial charge in [0.15, 0.2) is 0 Å².